The monoisotopic (exact) mass is 632 g/mol. The third kappa shape index (κ3) is 8.07. The van der Waals surface area contributed by atoms with Crippen LogP contribution in [0.1, 0.15) is 88.9 Å². The topological polar surface area (TPSA) is 70.1 Å². The normalized spacial score (nSPS) is 17.0. The Bertz CT molecular complexity index is 1480. The van der Waals surface area contributed by atoms with Gasteiger partial charge in [0.1, 0.15) is 11.6 Å². The number of carbonyl (C=O) groups is 1. The predicted molar refractivity (Wildman–Crippen MR) is 179 cm³/mol. The van der Waals surface area contributed by atoms with Gasteiger partial charge in [-0.1, -0.05) is 24.3 Å². The maximum Gasteiger partial charge on any atom is 0.340 e. The smallest absolute Gasteiger partial charge is 0.340 e. The van der Waals surface area contributed by atoms with Crippen LogP contribution >= 0.6 is 0 Å². The Morgan fingerprint density at radius 3 is 2.26 bits per heavy atom. The second kappa shape index (κ2) is 14.1. The molecular formula is C38H49FN2O5. The number of aromatic nitrogens is 1. The Balaban J connectivity index is 1.52. The predicted octanol–water partition coefficient (Wildman–Crippen LogP) is 8.08. The van der Waals surface area contributed by atoms with Crippen molar-refractivity contribution in [1.29, 1.82) is 0 Å². The molecule has 0 bridgehead atoms. The van der Waals surface area contributed by atoms with Gasteiger partial charge in [-0.15, -0.1) is 0 Å². The number of piperidine rings is 1. The van der Waals surface area contributed by atoms with Crippen LogP contribution in [0.15, 0.2) is 48.5 Å². The molecule has 0 N–H and O–H groups in total. The average molecular weight is 633 g/mol. The number of hydrogen-bond acceptors (Lipinski definition) is 7. The SMILES string of the molecule is Cc1nc(C)c([C@H](OC(C)(C)C)C(=O)OC(C)C)c(N2CCC3(CCCO3)CC2)c1-c1ccc(OCCc2ccc(F)cc2)cc1. The van der Waals surface area contributed by atoms with E-state index in [-0.39, 0.29) is 17.5 Å². The van der Waals surface area contributed by atoms with Gasteiger partial charge < -0.3 is 23.8 Å². The van der Waals surface area contributed by atoms with Crippen LogP contribution in [0.2, 0.25) is 0 Å². The van der Waals surface area contributed by atoms with Crippen molar-refractivity contribution in [2.75, 3.05) is 31.2 Å². The molecule has 2 aromatic carbocycles. The zero-order valence-corrected chi connectivity index (χ0v) is 28.5. The molecule has 3 aromatic rings. The number of ether oxygens (including phenoxy) is 4. The van der Waals surface area contributed by atoms with Crippen LogP contribution in [-0.4, -0.2) is 54.6 Å². The van der Waals surface area contributed by atoms with Crippen molar-refractivity contribution in [2.45, 2.75) is 104 Å². The standard InChI is InChI=1S/C38H49FN2O5/c1-25(2)45-36(42)35(46-37(5,6)7)33-27(4)40-26(3)32(34(33)41-21-19-38(20-22-41)18-8-23-44-38)29-11-15-31(16-12-29)43-24-17-28-9-13-30(39)14-10-28/h9-16,25,35H,8,17-24H2,1-7H3/t35-/m0/s1. The molecule has 248 valence electrons. The molecular weight excluding hydrogens is 583 g/mol. The zero-order chi connectivity index (χ0) is 33.1. The highest BCUT2D eigenvalue weighted by Crippen LogP contribution is 2.46. The van der Waals surface area contributed by atoms with Crippen LogP contribution in [0.4, 0.5) is 10.1 Å². The van der Waals surface area contributed by atoms with Gasteiger partial charge in [-0.2, -0.15) is 0 Å². The van der Waals surface area contributed by atoms with Gasteiger partial charge in [-0.05, 0) is 110 Å². The van der Waals surface area contributed by atoms with Crippen molar-refractivity contribution in [3.63, 3.8) is 0 Å². The summed E-state index contributed by atoms with van der Waals surface area (Å²) in [5, 5.41) is 0. The van der Waals surface area contributed by atoms with Crippen molar-refractivity contribution >= 4 is 11.7 Å². The van der Waals surface area contributed by atoms with Crippen LogP contribution in [-0.2, 0) is 25.4 Å². The number of carbonyl (C=O) groups excluding carboxylic acids is 1. The van der Waals surface area contributed by atoms with E-state index < -0.39 is 17.7 Å². The number of pyridine rings is 1. The summed E-state index contributed by atoms with van der Waals surface area (Å²) in [7, 11) is 0. The molecule has 3 heterocycles. The van der Waals surface area contributed by atoms with Crippen molar-refractivity contribution in [1.82, 2.24) is 4.98 Å². The van der Waals surface area contributed by atoms with Crippen molar-refractivity contribution in [3.05, 3.63) is 76.9 Å². The second-order valence-electron chi connectivity index (χ2n) is 13.9. The molecule has 0 radical (unpaired) electrons. The lowest BCUT2D eigenvalue weighted by molar-refractivity contribution is -0.171. The van der Waals surface area contributed by atoms with Crippen LogP contribution in [0, 0.1) is 19.7 Å². The van der Waals surface area contributed by atoms with E-state index in [1.807, 2.05) is 60.6 Å². The molecule has 2 fully saturated rings. The quantitative estimate of drug-likeness (QED) is 0.209. The van der Waals surface area contributed by atoms with Gasteiger partial charge in [0.05, 0.1) is 29.6 Å². The van der Waals surface area contributed by atoms with Crippen LogP contribution in [0.3, 0.4) is 0 Å². The summed E-state index contributed by atoms with van der Waals surface area (Å²) in [4.78, 5) is 21.2. The summed E-state index contributed by atoms with van der Waals surface area (Å²) in [6.45, 7) is 16.5. The summed E-state index contributed by atoms with van der Waals surface area (Å²) >= 11 is 0. The summed E-state index contributed by atoms with van der Waals surface area (Å²) in [6.07, 6.45) is 3.49. The zero-order valence-electron chi connectivity index (χ0n) is 28.5. The molecule has 0 aliphatic carbocycles. The summed E-state index contributed by atoms with van der Waals surface area (Å²) in [5.41, 5.74) is 5.67. The first-order valence-electron chi connectivity index (χ1n) is 16.6. The van der Waals surface area contributed by atoms with Gasteiger partial charge in [-0.3, -0.25) is 4.98 Å². The highest BCUT2D eigenvalue weighted by molar-refractivity contribution is 5.88. The number of halogens is 1. The van der Waals surface area contributed by atoms with E-state index in [9.17, 15) is 9.18 Å². The van der Waals surface area contributed by atoms with E-state index in [1.54, 1.807) is 12.1 Å². The largest absolute Gasteiger partial charge is 0.493 e. The number of aryl methyl sites for hydroxylation is 2. The summed E-state index contributed by atoms with van der Waals surface area (Å²) in [5.74, 6) is 0.0919. The Kier molecular flexibility index (Phi) is 10.4. The lowest BCUT2D eigenvalue weighted by atomic mass is 9.86. The van der Waals surface area contributed by atoms with E-state index in [0.717, 1.165) is 90.5 Å². The van der Waals surface area contributed by atoms with Gasteiger partial charge in [0.15, 0.2) is 6.10 Å². The van der Waals surface area contributed by atoms with Crippen molar-refractivity contribution in [2.24, 2.45) is 0 Å². The molecule has 2 aliphatic rings. The molecule has 2 saturated heterocycles. The molecule has 1 atom stereocenters. The van der Waals surface area contributed by atoms with E-state index in [2.05, 4.69) is 17.0 Å². The molecule has 1 spiro atoms. The fourth-order valence-electron chi connectivity index (χ4n) is 6.65. The molecule has 2 aliphatic heterocycles. The van der Waals surface area contributed by atoms with Crippen LogP contribution in [0.25, 0.3) is 11.1 Å². The maximum absolute atomic E-state index is 13.8. The van der Waals surface area contributed by atoms with Gasteiger partial charge in [-0.25, -0.2) is 9.18 Å². The Labute approximate surface area is 273 Å². The fourth-order valence-corrected chi connectivity index (χ4v) is 6.65. The number of anilines is 1. The molecule has 0 saturated carbocycles. The minimum Gasteiger partial charge on any atom is -0.493 e. The highest BCUT2D eigenvalue weighted by atomic mass is 19.1. The lowest BCUT2D eigenvalue weighted by Gasteiger charge is -2.42. The van der Waals surface area contributed by atoms with E-state index >= 15 is 0 Å². The number of nitrogens with zero attached hydrogens (tertiary/aromatic N) is 2. The Hall–Kier alpha value is -3.49. The first kappa shape index (κ1) is 33.9. The molecule has 0 unspecified atom stereocenters. The molecule has 46 heavy (non-hydrogen) atoms. The number of hydrogen-bond donors (Lipinski definition) is 0. The fraction of sp³-hybridized carbons (Fsp3) is 0.526. The van der Waals surface area contributed by atoms with Crippen LogP contribution < -0.4 is 9.64 Å². The average Bonchev–Trinajstić information content (AvgIpc) is 3.45. The third-order valence-electron chi connectivity index (χ3n) is 8.77. The highest BCUT2D eigenvalue weighted by Gasteiger charge is 2.41. The maximum atomic E-state index is 13.8. The van der Waals surface area contributed by atoms with Gasteiger partial charge in [0.25, 0.3) is 0 Å². The minimum atomic E-state index is -0.947. The third-order valence-corrected chi connectivity index (χ3v) is 8.77. The number of esters is 1. The van der Waals surface area contributed by atoms with Gasteiger partial charge in [0, 0.05) is 48.6 Å². The Morgan fingerprint density at radius 1 is 1.00 bits per heavy atom. The van der Waals surface area contributed by atoms with E-state index in [1.165, 1.54) is 12.1 Å². The molecule has 5 rings (SSSR count). The number of benzene rings is 2. The summed E-state index contributed by atoms with van der Waals surface area (Å²) in [6, 6.07) is 14.5. The first-order valence-corrected chi connectivity index (χ1v) is 16.6. The van der Waals surface area contributed by atoms with Gasteiger partial charge in [0.2, 0.25) is 0 Å². The lowest BCUT2D eigenvalue weighted by Crippen LogP contribution is -2.45. The first-order chi connectivity index (χ1) is 21.8. The van der Waals surface area contributed by atoms with Crippen molar-refractivity contribution < 1.29 is 28.1 Å². The molecule has 8 heteroatoms. The molecule has 1 aromatic heterocycles. The minimum absolute atomic E-state index is 0.0568. The van der Waals surface area contributed by atoms with Crippen LogP contribution in [0.5, 0.6) is 5.75 Å². The molecule has 7 nitrogen and oxygen atoms in total. The second-order valence-corrected chi connectivity index (χ2v) is 13.9. The van der Waals surface area contributed by atoms with E-state index in [0.29, 0.717) is 13.0 Å². The van der Waals surface area contributed by atoms with E-state index in [4.69, 9.17) is 23.9 Å². The van der Waals surface area contributed by atoms with Crippen molar-refractivity contribution in [3.8, 4) is 16.9 Å². The number of rotatable bonds is 10. The van der Waals surface area contributed by atoms with Gasteiger partial charge >= 0.3 is 5.97 Å². The Morgan fingerprint density at radius 2 is 1.67 bits per heavy atom. The summed E-state index contributed by atoms with van der Waals surface area (Å²) < 4.78 is 37.9. The molecule has 0 amide bonds.